The average molecular weight is 417 g/mol. The van der Waals surface area contributed by atoms with Gasteiger partial charge in [-0.2, -0.15) is 0 Å². The van der Waals surface area contributed by atoms with Gasteiger partial charge in [0.15, 0.2) is 0 Å². The van der Waals surface area contributed by atoms with Crippen molar-refractivity contribution in [2.45, 2.75) is 13.3 Å². The molecule has 0 N–H and O–H groups in total. The summed E-state index contributed by atoms with van der Waals surface area (Å²) in [6.45, 7) is 4.51. The topological polar surface area (TPSA) is 59.1 Å². The fraction of sp³-hybridized carbons (Fsp3) is 0.364. The summed E-state index contributed by atoms with van der Waals surface area (Å²) in [6.07, 6.45) is 0.336. The van der Waals surface area contributed by atoms with E-state index in [1.54, 1.807) is 28.0 Å². The van der Waals surface area contributed by atoms with Gasteiger partial charge in [-0.1, -0.05) is 23.7 Å². The van der Waals surface area contributed by atoms with Crippen LogP contribution in [0.2, 0.25) is 5.02 Å². The lowest BCUT2D eigenvalue weighted by Gasteiger charge is -2.35. The van der Waals surface area contributed by atoms with E-state index in [1.807, 2.05) is 31.2 Å². The Balaban J connectivity index is 1.56. The van der Waals surface area contributed by atoms with E-state index in [0.29, 0.717) is 55.5 Å². The molecule has 29 heavy (non-hydrogen) atoms. The van der Waals surface area contributed by atoms with Crippen LogP contribution in [0.15, 0.2) is 42.5 Å². The number of piperazine rings is 1. The van der Waals surface area contributed by atoms with Crippen LogP contribution in [0.1, 0.15) is 22.8 Å². The maximum atomic E-state index is 12.9. The number of rotatable bonds is 6. The fourth-order valence-corrected chi connectivity index (χ4v) is 3.51. The lowest BCUT2D eigenvalue weighted by atomic mass is 10.1. The minimum atomic E-state index is -0.136. The third kappa shape index (κ3) is 5.21. The number of hydrogen-bond donors (Lipinski definition) is 0. The quantitative estimate of drug-likeness (QED) is 0.725. The first kappa shape index (κ1) is 21.0. The van der Waals surface area contributed by atoms with Crippen molar-refractivity contribution in [3.63, 3.8) is 0 Å². The van der Waals surface area contributed by atoms with Crippen molar-refractivity contribution in [2.24, 2.45) is 0 Å². The van der Waals surface area contributed by atoms with Crippen LogP contribution >= 0.6 is 11.6 Å². The van der Waals surface area contributed by atoms with Crippen molar-refractivity contribution < 1.29 is 19.1 Å². The predicted molar refractivity (Wildman–Crippen MR) is 112 cm³/mol. The van der Waals surface area contributed by atoms with Crippen LogP contribution in [0, 0.1) is 0 Å². The maximum Gasteiger partial charge on any atom is 0.257 e. The van der Waals surface area contributed by atoms with Gasteiger partial charge in [0.05, 0.1) is 25.7 Å². The van der Waals surface area contributed by atoms with Crippen LogP contribution in [0.3, 0.4) is 0 Å². The van der Waals surface area contributed by atoms with E-state index in [1.165, 1.54) is 7.11 Å². The Kier molecular flexibility index (Phi) is 6.99. The summed E-state index contributed by atoms with van der Waals surface area (Å²) in [6, 6.07) is 12.6. The van der Waals surface area contributed by atoms with Gasteiger partial charge in [-0.3, -0.25) is 9.59 Å². The highest BCUT2D eigenvalue weighted by atomic mass is 35.5. The van der Waals surface area contributed by atoms with E-state index in [0.717, 1.165) is 11.3 Å². The SMILES string of the molecule is CCOc1ccc(CC(=O)N2CCN(C(=O)c3cc(Cl)ccc3OC)CC2)cc1. The molecule has 0 spiro atoms. The first-order valence-electron chi connectivity index (χ1n) is 9.64. The van der Waals surface area contributed by atoms with Crippen LogP contribution in [0.4, 0.5) is 0 Å². The summed E-state index contributed by atoms with van der Waals surface area (Å²) in [5, 5.41) is 0.485. The first-order valence-corrected chi connectivity index (χ1v) is 10.0. The van der Waals surface area contributed by atoms with Crippen LogP contribution in [0.5, 0.6) is 11.5 Å². The fourth-order valence-electron chi connectivity index (χ4n) is 3.33. The molecule has 3 rings (SSSR count). The Morgan fingerprint density at radius 1 is 1.00 bits per heavy atom. The van der Waals surface area contributed by atoms with Gasteiger partial charge in [-0.05, 0) is 42.8 Å². The Bertz CT molecular complexity index is 862. The standard InChI is InChI=1S/C22H25ClN2O4/c1-3-29-18-7-4-16(5-8-18)14-21(26)24-10-12-25(13-11-24)22(27)19-15-17(23)6-9-20(19)28-2/h4-9,15H,3,10-14H2,1-2H3. The number of hydrogen-bond acceptors (Lipinski definition) is 4. The predicted octanol–water partition coefficient (Wildman–Crippen LogP) is 3.27. The van der Waals surface area contributed by atoms with Crippen molar-refractivity contribution in [2.75, 3.05) is 39.9 Å². The Morgan fingerprint density at radius 3 is 2.28 bits per heavy atom. The summed E-state index contributed by atoms with van der Waals surface area (Å²) in [5.41, 5.74) is 1.38. The molecular weight excluding hydrogens is 392 g/mol. The maximum absolute atomic E-state index is 12.9. The van der Waals surface area contributed by atoms with E-state index < -0.39 is 0 Å². The van der Waals surface area contributed by atoms with Gasteiger partial charge in [-0.25, -0.2) is 0 Å². The molecule has 0 bridgehead atoms. The van der Waals surface area contributed by atoms with E-state index in [4.69, 9.17) is 21.1 Å². The highest BCUT2D eigenvalue weighted by molar-refractivity contribution is 6.31. The molecule has 0 unspecified atom stereocenters. The van der Waals surface area contributed by atoms with E-state index in [2.05, 4.69) is 0 Å². The summed E-state index contributed by atoms with van der Waals surface area (Å²) >= 11 is 6.04. The second-order valence-corrected chi connectivity index (χ2v) is 7.21. The zero-order valence-corrected chi connectivity index (χ0v) is 17.4. The van der Waals surface area contributed by atoms with Crippen LogP contribution in [-0.4, -0.2) is 61.5 Å². The van der Waals surface area contributed by atoms with Gasteiger partial charge in [-0.15, -0.1) is 0 Å². The second-order valence-electron chi connectivity index (χ2n) is 6.77. The number of benzene rings is 2. The molecule has 1 aliphatic rings. The first-order chi connectivity index (χ1) is 14.0. The molecule has 7 heteroatoms. The number of ether oxygens (including phenoxy) is 2. The average Bonchev–Trinajstić information content (AvgIpc) is 2.75. The normalized spacial score (nSPS) is 13.9. The van der Waals surface area contributed by atoms with Crippen LogP contribution in [-0.2, 0) is 11.2 Å². The van der Waals surface area contributed by atoms with Gasteiger partial charge in [0, 0.05) is 31.2 Å². The second kappa shape index (κ2) is 9.65. The Labute approximate surface area is 176 Å². The molecule has 154 valence electrons. The number of carbonyl (C=O) groups excluding carboxylic acids is 2. The number of nitrogens with zero attached hydrogens (tertiary/aromatic N) is 2. The number of amides is 2. The van der Waals surface area contributed by atoms with Crippen molar-refractivity contribution in [3.8, 4) is 11.5 Å². The van der Waals surface area contributed by atoms with Crippen LogP contribution < -0.4 is 9.47 Å². The molecule has 2 aromatic carbocycles. The molecule has 1 heterocycles. The minimum Gasteiger partial charge on any atom is -0.496 e. The highest BCUT2D eigenvalue weighted by Gasteiger charge is 2.26. The molecular formula is C22H25ClN2O4. The molecule has 0 aromatic heterocycles. The number of methoxy groups -OCH3 is 1. The van der Waals surface area contributed by atoms with Crippen molar-refractivity contribution in [1.82, 2.24) is 9.80 Å². The Hall–Kier alpha value is -2.73. The molecule has 2 aromatic rings. The van der Waals surface area contributed by atoms with Crippen molar-refractivity contribution >= 4 is 23.4 Å². The summed E-state index contributed by atoms with van der Waals surface area (Å²) in [7, 11) is 1.53. The zero-order chi connectivity index (χ0) is 20.8. The molecule has 0 atom stereocenters. The summed E-state index contributed by atoms with van der Waals surface area (Å²) in [4.78, 5) is 29.0. The molecule has 0 aliphatic carbocycles. The van der Waals surface area contributed by atoms with Crippen molar-refractivity contribution in [3.05, 3.63) is 58.6 Å². The minimum absolute atomic E-state index is 0.0570. The van der Waals surface area contributed by atoms with E-state index in [-0.39, 0.29) is 11.8 Å². The Morgan fingerprint density at radius 2 is 1.66 bits per heavy atom. The molecule has 1 saturated heterocycles. The molecule has 1 aliphatic heterocycles. The third-order valence-electron chi connectivity index (χ3n) is 4.90. The lowest BCUT2D eigenvalue weighted by molar-refractivity contribution is -0.131. The van der Waals surface area contributed by atoms with Crippen LogP contribution in [0.25, 0.3) is 0 Å². The van der Waals surface area contributed by atoms with Crippen molar-refractivity contribution in [1.29, 1.82) is 0 Å². The molecule has 2 amide bonds. The smallest absolute Gasteiger partial charge is 0.257 e. The molecule has 0 saturated carbocycles. The largest absolute Gasteiger partial charge is 0.496 e. The molecule has 1 fully saturated rings. The molecule has 6 nitrogen and oxygen atoms in total. The van der Waals surface area contributed by atoms with Gasteiger partial charge in [0.2, 0.25) is 5.91 Å². The monoisotopic (exact) mass is 416 g/mol. The number of halogens is 1. The van der Waals surface area contributed by atoms with Gasteiger partial charge in [0.25, 0.3) is 5.91 Å². The third-order valence-corrected chi connectivity index (χ3v) is 5.14. The van der Waals surface area contributed by atoms with Gasteiger partial charge < -0.3 is 19.3 Å². The highest BCUT2D eigenvalue weighted by Crippen LogP contribution is 2.24. The summed E-state index contributed by atoms with van der Waals surface area (Å²) in [5.74, 6) is 1.21. The molecule has 0 radical (unpaired) electrons. The van der Waals surface area contributed by atoms with E-state index >= 15 is 0 Å². The van der Waals surface area contributed by atoms with Gasteiger partial charge >= 0.3 is 0 Å². The van der Waals surface area contributed by atoms with Gasteiger partial charge in [0.1, 0.15) is 11.5 Å². The summed E-state index contributed by atoms with van der Waals surface area (Å²) < 4.78 is 10.7. The van der Waals surface area contributed by atoms with E-state index in [9.17, 15) is 9.59 Å². The number of carbonyl (C=O) groups is 2. The zero-order valence-electron chi connectivity index (χ0n) is 16.7. The lowest BCUT2D eigenvalue weighted by Crippen LogP contribution is -2.51.